The molecule has 0 spiro atoms. The molecular weight excluding hydrogens is 380 g/mol. The normalized spacial score (nSPS) is 10.2. The molecule has 1 heterocycles. The highest BCUT2D eigenvalue weighted by molar-refractivity contribution is 9.10. The fourth-order valence-electron chi connectivity index (χ4n) is 1.46. The van der Waals surface area contributed by atoms with E-state index in [0.29, 0.717) is 15.8 Å². The zero-order valence-electron chi connectivity index (χ0n) is 9.55. The molecule has 0 fully saturated rings. The minimum Gasteiger partial charge on any atom is -0.487 e. The van der Waals surface area contributed by atoms with Crippen molar-refractivity contribution in [3.63, 3.8) is 0 Å². The summed E-state index contributed by atoms with van der Waals surface area (Å²) in [5.41, 5.74) is 0.533. The molecule has 0 N–H and O–H groups in total. The summed E-state index contributed by atoms with van der Waals surface area (Å²) in [7, 11) is 0. The van der Waals surface area contributed by atoms with Crippen LogP contribution in [0.4, 0.5) is 5.69 Å². The molecule has 7 heteroatoms. The second-order valence-corrected chi connectivity index (χ2v) is 5.49. The number of halogens is 2. The minimum atomic E-state index is -0.428. The summed E-state index contributed by atoms with van der Waals surface area (Å²) < 4.78 is 6.94. The Morgan fingerprint density at radius 1 is 1.21 bits per heavy atom. The molecule has 0 amide bonds. The maximum Gasteiger partial charge on any atom is 0.277 e. The van der Waals surface area contributed by atoms with Gasteiger partial charge in [-0.05, 0) is 34.1 Å². The highest BCUT2D eigenvalue weighted by atomic mass is 79.9. The van der Waals surface area contributed by atoms with E-state index in [4.69, 9.17) is 4.74 Å². The first-order valence-electron chi connectivity index (χ1n) is 5.22. The van der Waals surface area contributed by atoms with Crippen molar-refractivity contribution in [3.05, 3.63) is 61.3 Å². The molecule has 0 unspecified atom stereocenters. The first kappa shape index (κ1) is 14.0. The molecule has 2 aromatic rings. The number of nitrogens with zero attached hydrogens (tertiary/aromatic N) is 2. The minimum absolute atomic E-state index is 0.0253. The number of rotatable bonds is 4. The van der Waals surface area contributed by atoms with Gasteiger partial charge in [0.15, 0.2) is 0 Å². The first-order chi connectivity index (χ1) is 9.06. The molecule has 0 aliphatic carbocycles. The van der Waals surface area contributed by atoms with Crippen molar-refractivity contribution in [2.45, 2.75) is 6.61 Å². The molecule has 1 aromatic heterocycles. The molecule has 5 nitrogen and oxygen atoms in total. The SMILES string of the molecule is O=[N+]([O-])c1cc(Br)ccc1COc1cncc(Br)c1. The van der Waals surface area contributed by atoms with Crippen LogP contribution in [0, 0.1) is 10.1 Å². The van der Waals surface area contributed by atoms with Gasteiger partial charge in [0.1, 0.15) is 12.4 Å². The van der Waals surface area contributed by atoms with Gasteiger partial charge < -0.3 is 4.74 Å². The van der Waals surface area contributed by atoms with Crippen LogP contribution in [0.2, 0.25) is 0 Å². The third-order valence-corrected chi connectivity index (χ3v) is 3.25. The van der Waals surface area contributed by atoms with Gasteiger partial charge in [0.05, 0.1) is 16.7 Å². The molecule has 19 heavy (non-hydrogen) atoms. The van der Waals surface area contributed by atoms with Gasteiger partial charge in [-0.2, -0.15) is 0 Å². The van der Waals surface area contributed by atoms with E-state index in [9.17, 15) is 10.1 Å². The predicted octanol–water partition coefficient (Wildman–Crippen LogP) is 4.09. The molecule has 1 aromatic carbocycles. The Labute approximate surface area is 126 Å². The number of ether oxygens (including phenoxy) is 1. The molecule has 0 saturated carbocycles. The quantitative estimate of drug-likeness (QED) is 0.585. The largest absolute Gasteiger partial charge is 0.487 e. The summed E-state index contributed by atoms with van der Waals surface area (Å²) in [6.45, 7) is 0.113. The molecule has 98 valence electrons. The lowest BCUT2D eigenvalue weighted by Gasteiger charge is -2.07. The van der Waals surface area contributed by atoms with E-state index in [2.05, 4.69) is 36.8 Å². The van der Waals surface area contributed by atoms with Crippen LogP contribution in [0.5, 0.6) is 5.75 Å². The lowest BCUT2D eigenvalue weighted by Crippen LogP contribution is -2.00. The van der Waals surface area contributed by atoms with Gasteiger partial charge in [0.25, 0.3) is 5.69 Å². The lowest BCUT2D eigenvalue weighted by molar-refractivity contribution is -0.385. The fraction of sp³-hybridized carbons (Fsp3) is 0.0833. The van der Waals surface area contributed by atoms with E-state index < -0.39 is 4.92 Å². The zero-order chi connectivity index (χ0) is 13.8. The molecule has 0 aliphatic rings. The van der Waals surface area contributed by atoms with Crippen LogP contribution >= 0.6 is 31.9 Å². The molecular formula is C12H8Br2N2O3. The van der Waals surface area contributed by atoms with E-state index >= 15 is 0 Å². The number of nitro groups is 1. The van der Waals surface area contributed by atoms with Crippen LogP contribution in [-0.4, -0.2) is 9.91 Å². The fourth-order valence-corrected chi connectivity index (χ4v) is 2.15. The Morgan fingerprint density at radius 2 is 2.00 bits per heavy atom. The molecule has 2 rings (SSSR count). The number of hydrogen-bond acceptors (Lipinski definition) is 4. The van der Waals surface area contributed by atoms with Crippen LogP contribution in [0.3, 0.4) is 0 Å². The average molecular weight is 388 g/mol. The summed E-state index contributed by atoms with van der Waals surface area (Å²) in [6.07, 6.45) is 3.18. The van der Waals surface area contributed by atoms with Crippen LogP contribution in [0.1, 0.15) is 5.56 Å². The Bertz CT molecular complexity index is 620. The van der Waals surface area contributed by atoms with E-state index in [0.717, 1.165) is 4.47 Å². The van der Waals surface area contributed by atoms with Crippen molar-refractivity contribution in [2.24, 2.45) is 0 Å². The van der Waals surface area contributed by atoms with Gasteiger partial charge in [0.2, 0.25) is 0 Å². The predicted molar refractivity (Wildman–Crippen MR) is 77.1 cm³/mol. The van der Waals surface area contributed by atoms with Crippen molar-refractivity contribution < 1.29 is 9.66 Å². The summed E-state index contributed by atoms with van der Waals surface area (Å²) in [4.78, 5) is 14.5. The summed E-state index contributed by atoms with van der Waals surface area (Å²) in [5, 5.41) is 10.9. The van der Waals surface area contributed by atoms with Crippen molar-refractivity contribution >= 4 is 37.5 Å². The van der Waals surface area contributed by atoms with Gasteiger partial charge >= 0.3 is 0 Å². The van der Waals surface area contributed by atoms with E-state index in [1.165, 1.54) is 6.07 Å². The molecule has 0 bridgehead atoms. The van der Waals surface area contributed by atoms with Gasteiger partial charge in [-0.3, -0.25) is 15.1 Å². The maximum absolute atomic E-state index is 10.9. The monoisotopic (exact) mass is 386 g/mol. The summed E-state index contributed by atoms with van der Waals surface area (Å²) in [5.74, 6) is 0.548. The smallest absolute Gasteiger partial charge is 0.277 e. The average Bonchev–Trinajstić information content (AvgIpc) is 2.37. The standard InChI is InChI=1S/C12H8Br2N2O3/c13-9-2-1-8(12(4-9)16(17)18)7-19-11-3-10(14)5-15-6-11/h1-6H,7H2. The van der Waals surface area contributed by atoms with E-state index in [1.807, 2.05) is 0 Å². The van der Waals surface area contributed by atoms with Gasteiger partial charge in [-0.25, -0.2) is 0 Å². The van der Waals surface area contributed by atoms with Crippen LogP contribution in [-0.2, 0) is 6.61 Å². The summed E-state index contributed by atoms with van der Waals surface area (Å²) in [6, 6.07) is 6.61. The van der Waals surface area contributed by atoms with Gasteiger partial charge in [-0.15, -0.1) is 0 Å². The Balaban J connectivity index is 2.17. The second-order valence-electron chi connectivity index (χ2n) is 3.66. The van der Waals surface area contributed by atoms with E-state index in [1.54, 1.807) is 30.6 Å². The van der Waals surface area contributed by atoms with Gasteiger partial charge in [-0.1, -0.05) is 15.9 Å². The number of benzene rings is 1. The second kappa shape index (κ2) is 6.12. The van der Waals surface area contributed by atoms with Crippen molar-refractivity contribution in [3.8, 4) is 5.75 Å². The molecule has 0 saturated heterocycles. The van der Waals surface area contributed by atoms with Crippen molar-refractivity contribution in [2.75, 3.05) is 0 Å². The number of nitro benzene ring substituents is 1. The zero-order valence-corrected chi connectivity index (χ0v) is 12.7. The lowest BCUT2D eigenvalue weighted by atomic mass is 10.2. The number of pyridine rings is 1. The third kappa shape index (κ3) is 3.74. The number of hydrogen-bond donors (Lipinski definition) is 0. The maximum atomic E-state index is 10.9. The Hall–Kier alpha value is -1.47. The van der Waals surface area contributed by atoms with Gasteiger partial charge in [0, 0.05) is 21.2 Å². The van der Waals surface area contributed by atoms with E-state index in [-0.39, 0.29) is 12.3 Å². The third-order valence-electron chi connectivity index (χ3n) is 2.32. The van der Waals surface area contributed by atoms with Crippen LogP contribution in [0.25, 0.3) is 0 Å². The first-order valence-corrected chi connectivity index (χ1v) is 6.81. The van der Waals surface area contributed by atoms with Crippen molar-refractivity contribution in [1.29, 1.82) is 0 Å². The van der Waals surface area contributed by atoms with Crippen LogP contribution in [0.15, 0.2) is 45.6 Å². The Kier molecular flexibility index (Phi) is 4.49. The highest BCUT2D eigenvalue weighted by Crippen LogP contribution is 2.25. The molecule has 0 radical (unpaired) electrons. The molecule has 0 aliphatic heterocycles. The molecule has 0 atom stereocenters. The topological polar surface area (TPSA) is 65.3 Å². The highest BCUT2D eigenvalue weighted by Gasteiger charge is 2.14. The van der Waals surface area contributed by atoms with Crippen LogP contribution < -0.4 is 4.74 Å². The number of aromatic nitrogens is 1. The summed E-state index contributed by atoms with van der Waals surface area (Å²) >= 11 is 6.49. The van der Waals surface area contributed by atoms with Crippen molar-refractivity contribution in [1.82, 2.24) is 4.98 Å². The Morgan fingerprint density at radius 3 is 2.68 bits per heavy atom.